The molecule has 0 atom stereocenters. The maximum absolute atomic E-state index is 4.84. The topological polar surface area (TPSA) is 12.9 Å². The van der Waals surface area contributed by atoms with Crippen LogP contribution in [-0.4, -0.2) is 4.98 Å². The van der Waals surface area contributed by atoms with E-state index in [1.54, 1.807) is 0 Å². The summed E-state index contributed by atoms with van der Waals surface area (Å²) in [6.07, 6.45) is 10.8. The van der Waals surface area contributed by atoms with Crippen molar-refractivity contribution >= 4 is 10.8 Å². The van der Waals surface area contributed by atoms with Crippen LogP contribution in [0.25, 0.3) is 22.0 Å². The molecule has 1 nitrogen and oxygen atoms in total. The van der Waals surface area contributed by atoms with E-state index in [2.05, 4.69) is 42.6 Å². The number of nitrogens with zero attached hydrogens (tertiary/aromatic N) is 1. The molecule has 0 spiro atoms. The molecule has 0 saturated heterocycles. The number of fused-ring (bicyclic) bond motifs is 1. The van der Waals surface area contributed by atoms with Crippen LogP contribution in [0.15, 0.2) is 36.5 Å². The number of benzene rings is 2. The van der Waals surface area contributed by atoms with E-state index >= 15 is 0 Å². The molecule has 24 heavy (non-hydrogen) atoms. The van der Waals surface area contributed by atoms with Crippen LogP contribution in [-0.2, 0) is 45.8 Å². The summed E-state index contributed by atoms with van der Waals surface area (Å²) in [5.41, 5.74) is 8.18. The van der Waals surface area contributed by atoms with Crippen molar-refractivity contribution in [2.24, 2.45) is 0 Å². The van der Waals surface area contributed by atoms with Gasteiger partial charge in [-0.2, -0.15) is 0 Å². The van der Waals surface area contributed by atoms with Crippen LogP contribution in [0.2, 0.25) is 0 Å². The molecule has 0 saturated carbocycles. The molecule has 2 aromatic carbocycles. The van der Waals surface area contributed by atoms with Gasteiger partial charge in [-0.25, -0.2) is 0 Å². The first-order chi connectivity index (χ1) is 11.4. The second-order valence-corrected chi connectivity index (χ2v) is 6.93. The van der Waals surface area contributed by atoms with Gasteiger partial charge in [-0.1, -0.05) is 37.5 Å². The van der Waals surface area contributed by atoms with E-state index in [0.717, 1.165) is 12.1 Å². The third kappa shape index (κ3) is 2.53. The fourth-order valence-corrected chi connectivity index (χ4v) is 4.33. The van der Waals surface area contributed by atoms with Gasteiger partial charge in [-0.05, 0) is 53.3 Å². The van der Waals surface area contributed by atoms with Crippen LogP contribution >= 0.6 is 0 Å². The van der Waals surface area contributed by atoms with E-state index in [4.69, 9.17) is 4.98 Å². The molecule has 0 unspecified atom stereocenters. The zero-order chi connectivity index (χ0) is 15.2. The molecule has 123 valence electrons. The smallest absolute Gasteiger partial charge is 0.0199 e. The van der Waals surface area contributed by atoms with E-state index in [9.17, 15) is 0 Å². The third-order valence-corrected chi connectivity index (χ3v) is 5.50. The maximum Gasteiger partial charge on any atom is 0.0199 e. The molecule has 2 aliphatic rings. The van der Waals surface area contributed by atoms with E-state index < -0.39 is 0 Å². The first-order valence-electron chi connectivity index (χ1n) is 8.83. The Morgan fingerprint density at radius 3 is 2.54 bits per heavy atom. The molecule has 2 aliphatic carbocycles. The van der Waals surface area contributed by atoms with Crippen molar-refractivity contribution in [1.29, 1.82) is 0 Å². The van der Waals surface area contributed by atoms with Gasteiger partial charge in [0.05, 0.1) is 0 Å². The van der Waals surface area contributed by atoms with Crippen LogP contribution in [0.1, 0.15) is 41.5 Å². The van der Waals surface area contributed by atoms with Gasteiger partial charge >= 0.3 is 0 Å². The number of aromatic nitrogens is 1. The van der Waals surface area contributed by atoms with Crippen molar-refractivity contribution < 1.29 is 20.1 Å². The van der Waals surface area contributed by atoms with Crippen LogP contribution < -0.4 is 0 Å². The van der Waals surface area contributed by atoms with Gasteiger partial charge in [0, 0.05) is 26.3 Å². The molecule has 0 bridgehead atoms. The summed E-state index contributed by atoms with van der Waals surface area (Å²) in [6, 6.07) is 14.8. The summed E-state index contributed by atoms with van der Waals surface area (Å²) in [7, 11) is 0. The van der Waals surface area contributed by atoms with Gasteiger partial charge in [0.25, 0.3) is 0 Å². The summed E-state index contributed by atoms with van der Waals surface area (Å²) in [4.78, 5) is 4.84. The average molecular weight is 491 g/mol. The van der Waals surface area contributed by atoms with E-state index in [0.29, 0.717) is 0 Å². The van der Waals surface area contributed by atoms with E-state index in [1.165, 1.54) is 77.1 Å². The van der Waals surface area contributed by atoms with Crippen molar-refractivity contribution in [1.82, 2.24) is 4.98 Å². The quantitative estimate of drug-likeness (QED) is 0.434. The summed E-state index contributed by atoms with van der Waals surface area (Å²) < 4.78 is 0. The van der Waals surface area contributed by atoms with Gasteiger partial charge in [0.15, 0.2) is 0 Å². The fraction of sp³-hybridized carbons (Fsp3) is 0.318. The first-order valence-corrected chi connectivity index (χ1v) is 8.83. The van der Waals surface area contributed by atoms with E-state index in [-0.39, 0.29) is 20.1 Å². The molecule has 1 heterocycles. The maximum atomic E-state index is 4.84. The third-order valence-electron chi connectivity index (χ3n) is 5.50. The van der Waals surface area contributed by atoms with Crippen molar-refractivity contribution in [2.45, 2.75) is 44.9 Å². The normalized spacial score (nSPS) is 15.7. The van der Waals surface area contributed by atoms with Crippen LogP contribution in [0.4, 0.5) is 0 Å². The molecule has 0 N–H and O–H groups in total. The Balaban J connectivity index is 0.00000146. The summed E-state index contributed by atoms with van der Waals surface area (Å²) in [5.74, 6) is 0. The minimum Gasteiger partial charge on any atom is -0.304 e. The molecule has 3 aromatic rings. The van der Waals surface area contributed by atoms with Gasteiger partial charge in [0.1, 0.15) is 0 Å². The Hall–Kier alpha value is -1.50. The minimum absolute atomic E-state index is 0. The average Bonchev–Trinajstić information content (AvgIpc) is 2.62. The fourth-order valence-electron chi connectivity index (χ4n) is 4.33. The number of rotatable bonds is 1. The number of hydrogen-bond acceptors (Lipinski definition) is 1. The molecule has 0 amide bonds. The molecule has 2 heteroatoms. The van der Waals surface area contributed by atoms with Crippen LogP contribution in [0.5, 0.6) is 0 Å². The number of hydrogen-bond donors (Lipinski definition) is 0. The zero-order valence-electron chi connectivity index (χ0n) is 13.7. The molecule has 1 aromatic heterocycles. The zero-order valence-corrected chi connectivity index (χ0v) is 16.1. The van der Waals surface area contributed by atoms with Gasteiger partial charge in [0.2, 0.25) is 0 Å². The molecule has 0 fully saturated rings. The van der Waals surface area contributed by atoms with Gasteiger partial charge in [-0.3, -0.25) is 0 Å². The molecular weight excluding hydrogens is 470 g/mol. The molecular formula is C22H20IrN-. The van der Waals surface area contributed by atoms with Gasteiger partial charge in [-0.15, -0.1) is 34.9 Å². The Labute approximate surface area is 156 Å². The first kappa shape index (κ1) is 16.0. The second-order valence-electron chi connectivity index (χ2n) is 6.93. The monoisotopic (exact) mass is 491 g/mol. The Bertz CT molecular complexity index is 903. The standard InChI is InChI=1S/C22H20N.Ir/c1-2-6-17-13-18(12-11-15(17)5-1)22-20-10-4-8-16-7-3-9-19(14-23-22)21(16)20;/h4,8,10-11,13-14H,1-3,5-7,9H2;/q-1;. The minimum atomic E-state index is 0. The SMILES string of the molecule is [Ir].[c-]1cc2c(cc1-c1ncc3c4c(cccc14)CCC3)CCCC2. The van der Waals surface area contributed by atoms with E-state index in [1.807, 2.05) is 0 Å². The summed E-state index contributed by atoms with van der Waals surface area (Å²) >= 11 is 0. The Morgan fingerprint density at radius 2 is 1.62 bits per heavy atom. The number of pyridine rings is 1. The molecule has 1 radical (unpaired) electrons. The largest absolute Gasteiger partial charge is 0.304 e. The molecule has 5 rings (SSSR count). The Morgan fingerprint density at radius 1 is 0.833 bits per heavy atom. The van der Waals surface area contributed by atoms with Crippen molar-refractivity contribution in [3.63, 3.8) is 0 Å². The predicted molar refractivity (Wildman–Crippen MR) is 94.7 cm³/mol. The van der Waals surface area contributed by atoms with Crippen molar-refractivity contribution in [2.75, 3.05) is 0 Å². The van der Waals surface area contributed by atoms with Gasteiger partial charge < -0.3 is 4.98 Å². The summed E-state index contributed by atoms with van der Waals surface area (Å²) in [6.45, 7) is 0. The van der Waals surface area contributed by atoms with Crippen LogP contribution in [0, 0.1) is 6.07 Å². The van der Waals surface area contributed by atoms with Crippen molar-refractivity contribution in [3.8, 4) is 11.3 Å². The van der Waals surface area contributed by atoms with Crippen LogP contribution in [0.3, 0.4) is 0 Å². The predicted octanol–water partition coefficient (Wildman–Crippen LogP) is 5.07. The second kappa shape index (κ2) is 6.42. The Kier molecular flexibility index (Phi) is 4.28. The number of aryl methyl sites for hydroxylation is 4. The molecule has 0 aliphatic heterocycles. The summed E-state index contributed by atoms with van der Waals surface area (Å²) in [5, 5.41) is 2.77. The van der Waals surface area contributed by atoms with Crippen molar-refractivity contribution in [3.05, 3.63) is 64.8 Å².